The molecule has 0 N–H and O–H groups in total. The second-order valence-electron chi connectivity index (χ2n) is 5.99. The number of carbonyl (C=O) groups is 1. The van der Waals surface area contributed by atoms with Crippen molar-refractivity contribution in [1.82, 2.24) is 9.88 Å². The maximum atomic E-state index is 12.7. The molecular formula is C17H15F3N2O3S. The van der Waals surface area contributed by atoms with E-state index in [2.05, 4.69) is 4.98 Å². The predicted octanol–water partition coefficient (Wildman–Crippen LogP) is 3.18. The average molecular weight is 384 g/mol. The number of alkyl halides is 3. The van der Waals surface area contributed by atoms with Gasteiger partial charge in [-0.15, -0.1) is 0 Å². The molecule has 0 atom stereocenters. The molecule has 1 aliphatic rings. The highest BCUT2D eigenvalue weighted by Gasteiger charge is 2.46. The zero-order valence-electron chi connectivity index (χ0n) is 13.5. The maximum Gasteiger partial charge on any atom is 0.501 e. The second-order valence-corrected chi connectivity index (χ2v) is 7.93. The van der Waals surface area contributed by atoms with Crippen LogP contribution in [0.1, 0.15) is 28.8 Å². The second kappa shape index (κ2) is 6.71. The number of carbonyl (C=O) groups excluding carboxylic acids is 1. The van der Waals surface area contributed by atoms with Gasteiger partial charge in [-0.05, 0) is 54.8 Å². The molecule has 2 aromatic rings. The summed E-state index contributed by atoms with van der Waals surface area (Å²) in [4.78, 5) is 17.4. The lowest BCUT2D eigenvalue weighted by atomic mass is 10.1. The third kappa shape index (κ3) is 3.72. The van der Waals surface area contributed by atoms with Crippen molar-refractivity contribution < 1.29 is 26.4 Å². The number of rotatable bonds is 5. The molecule has 3 rings (SSSR count). The van der Waals surface area contributed by atoms with Crippen LogP contribution in [-0.2, 0) is 16.4 Å². The molecule has 1 saturated carbocycles. The van der Waals surface area contributed by atoms with E-state index in [0.29, 0.717) is 6.54 Å². The molecule has 1 aromatic carbocycles. The van der Waals surface area contributed by atoms with Crippen molar-refractivity contribution in [2.24, 2.45) is 0 Å². The molecule has 9 heteroatoms. The Morgan fingerprint density at radius 3 is 2.15 bits per heavy atom. The van der Waals surface area contributed by atoms with Crippen LogP contribution in [0.25, 0.3) is 0 Å². The van der Waals surface area contributed by atoms with Crippen molar-refractivity contribution in [2.75, 3.05) is 0 Å². The summed E-state index contributed by atoms with van der Waals surface area (Å²) in [6.45, 7) is 0.356. The number of hydrogen-bond acceptors (Lipinski definition) is 4. The summed E-state index contributed by atoms with van der Waals surface area (Å²) >= 11 is 0. The van der Waals surface area contributed by atoms with Gasteiger partial charge in [0, 0.05) is 30.5 Å². The Morgan fingerprint density at radius 2 is 1.65 bits per heavy atom. The predicted molar refractivity (Wildman–Crippen MR) is 86.8 cm³/mol. The van der Waals surface area contributed by atoms with Crippen molar-refractivity contribution in [2.45, 2.75) is 35.8 Å². The van der Waals surface area contributed by atoms with Crippen LogP contribution in [0, 0.1) is 0 Å². The van der Waals surface area contributed by atoms with Gasteiger partial charge in [0.25, 0.3) is 15.7 Å². The van der Waals surface area contributed by atoms with Crippen LogP contribution in [0.3, 0.4) is 0 Å². The molecular weight excluding hydrogens is 369 g/mol. The Morgan fingerprint density at radius 1 is 1.08 bits per heavy atom. The summed E-state index contributed by atoms with van der Waals surface area (Å²) in [6.07, 6.45) is 4.94. The largest absolute Gasteiger partial charge is 0.501 e. The van der Waals surface area contributed by atoms with Gasteiger partial charge in [-0.2, -0.15) is 13.2 Å². The van der Waals surface area contributed by atoms with Crippen molar-refractivity contribution in [3.63, 3.8) is 0 Å². The van der Waals surface area contributed by atoms with E-state index in [4.69, 9.17) is 0 Å². The van der Waals surface area contributed by atoms with E-state index >= 15 is 0 Å². The fraction of sp³-hybridized carbons (Fsp3) is 0.294. The van der Waals surface area contributed by atoms with E-state index in [0.717, 1.165) is 42.7 Å². The first-order valence-electron chi connectivity index (χ1n) is 7.81. The lowest BCUT2D eigenvalue weighted by Crippen LogP contribution is -2.32. The number of hydrogen-bond donors (Lipinski definition) is 0. The van der Waals surface area contributed by atoms with E-state index in [1.54, 1.807) is 29.4 Å². The quantitative estimate of drug-likeness (QED) is 0.794. The zero-order valence-corrected chi connectivity index (χ0v) is 14.3. The van der Waals surface area contributed by atoms with Crippen LogP contribution in [0.5, 0.6) is 0 Å². The molecule has 1 aliphatic carbocycles. The van der Waals surface area contributed by atoms with Crippen LogP contribution in [-0.4, -0.2) is 35.8 Å². The van der Waals surface area contributed by atoms with E-state index in [9.17, 15) is 26.4 Å². The van der Waals surface area contributed by atoms with Gasteiger partial charge in [0.15, 0.2) is 0 Å². The smallest absolute Gasteiger partial charge is 0.331 e. The van der Waals surface area contributed by atoms with Gasteiger partial charge in [0.05, 0.1) is 4.90 Å². The number of sulfone groups is 1. The van der Waals surface area contributed by atoms with Crippen molar-refractivity contribution in [1.29, 1.82) is 0 Å². The van der Waals surface area contributed by atoms with Gasteiger partial charge in [-0.25, -0.2) is 8.42 Å². The van der Waals surface area contributed by atoms with E-state index in [1.165, 1.54) is 0 Å². The molecule has 0 bridgehead atoms. The third-order valence-corrected chi connectivity index (χ3v) is 5.57. The Bertz CT molecular complexity index is 893. The molecule has 1 heterocycles. The monoisotopic (exact) mass is 384 g/mol. The molecule has 5 nitrogen and oxygen atoms in total. The first-order chi connectivity index (χ1) is 12.2. The topological polar surface area (TPSA) is 67.3 Å². The van der Waals surface area contributed by atoms with Gasteiger partial charge in [-0.1, -0.05) is 0 Å². The molecule has 26 heavy (non-hydrogen) atoms. The van der Waals surface area contributed by atoms with E-state index < -0.39 is 20.2 Å². The standard InChI is InChI=1S/C17H15F3N2O3S/c18-17(19,20)26(24,25)15-5-1-13(2-6-15)16(23)22(14-3-4-14)11-12-7-9-21-10-8-12/h1-2,5-10,14H,3-4,11H2. The highest BCUT2D eigenvalue weighted by molar-refractivity contribution is 7.92. The molecule has 1 fully saturated rings. The van der Waals surface area contributed by atoms with Crippen LogP contribution >= 0.6 is 0 Å². The summed E-state index contributed by atoms with van der Waals surface area (Å²) in [5.74, 6) is -0.347. The first-order valence-corrected chi connectivity index (χ1v) is 9.30. The molecule has 0 unspecified atom stereocenters. The summed E-state index contributed by atoms with van der Waals surface area (Å²) in [5.41, 5.74) is -4.34. The fourth-order valence-corrected chi connectivity index (χ4v) is 3.28. The lowest BCUT2D eigenvalue weighted by Gasteiger charge is -2.22. The van der Waals surface area contributed by atoms with Gasteiger partial charge in [-0.3, -0.25) is 9.78 Å². The summed E-state index contributed by atoms with van der Waals surface area (Å²) in [6, 6.07) is 7.49. The van der Waals surface area contributed by atoms with Gasteiger partial charge in [0.1, 0.15) is 0 Å². The Kier molecular flexibility index (Phi) is 4.74. The van der Waals surface area contributed by atoms with Crippen LogP contribution < -0.4 is 0 Å². The third-order valence-electron chi connectivity index (χ3n) is 4.07. The van der Waals surface area contributed by atoms with Crippen molar-refractivity contribution in [3.8, 4) is 0 Å². The summed E-state index contributed by atoms with van der Waals surface area (Å²) in [7, 11) is -5.42. The first kappa shape index (κ1) is 18.4. The minimum absolute atomic E-state index is 0.0780. The Hall–Kier alpha value is -2.42. The number of halogens is 3. The minimum Gasteiger partial charge on any atom is -0.331 e. The van der Waals surface area contributed by atoms with E-state index in [1.807, 2.05) is 0 Å². The summed E-state index contributed by atoms with van der Waals surface area (Å²) < 4.78 is 60.6. The van der Waals surface area contributed by atoms with Gasteiger partial charge < -0.3 is 4.90 Å². The van der Waals surface area contributed by atoms with Gasteiger partial charge in [0.2, 0.25) is 0 Å². The normalized spacial score (nSPS) is 14.9. The van der Waals surface area contributed by atoms with Crippen molar-refractivity contribution >= 4 is 15.7 Å². The fourth-order valence-electron chi connectivity index (χ4n) is 2.51. The zero-order chi connectivity index (χ0) is 18.9. The van der Waals surface area contributed by atoms with Crippen LogP contribution in [0.15, 0.2) is 53.7 Å². The molecule has 138 valence electrons. The summed E-state index contributed by atoms with van der Waals surface area (Å²) in [5, 5.41) is 0. The van der Waals surface area contributed by atoms with E-state index in [-0.39, 0.29) is 17.5 Å². The molecule has 0 saturated heterocycles. The lowest BCUT2D eigenvalue weighted by molar-refractivity contribution is -0.0436. The van der Waals surface area contributed by atoms with Gasteiger partial charge >= 0.3 is 5.51 Å². The minimum atomic E-state index is -5.42. The molecule has 0 aliphatic heterocycles. The maximum absolute atomic E-state index is 12.7. The van der Waals surface area contributed by atoms with Crippen LogP contribution in [0.4, 0.5) is 13.2 Å². The number of amides is 1. The molecule has 1 aromatic heterocycles. The van der Waals surface area contributed by atoms with Crippen LogP contribution in [0.2, 0.25) is 0 Å². The highest BCUT2D eigenvalue weighted by Crippen LogP contribution is 2.32. The molecule has 0 spiro atoms. The van der Waals surface area contributed by atoms with Crippen molar-refractivity contribution in [3.05, 3.63) is 59.9 Å². The Balaban J connectivity index is 1.82. The average Bonchev–Trinajstić information content (AvgIpc) is 3.44. The number of benzene rings is 1. The number of pyridine rings is 1. The molecule has 1 amide bonds. The SMILES string of the molecule is O=C(c1ccc(S(=O)(=O)C(F)(F)F)cc1)N(Cc1ccncc1)C1CC1. The molecule has 0 radical (unpaired) electrons. The Labute approximate surface area is 148 Å². The highest BCUT2D eigenvalue weighted by atomic mass is 32.2. The number of nitrogens with zero attached hydrogens (tertiary/aromatic N) is 2. The number of aromatic nitrogens is 1.